The normalized spacial score (nSPS) is 17.0. The van der Waals surface area contributed by atoms with E-state index in [9.17, 15) is 0 Å². The van der Waals surface area contributed by atoms with Crippen molar-refractivity contribution in [2.45, 2.75) is 33.2 Å². The Labute approximate surface area is 188 Å². The van der Waals surface area contributed by atoms with Crippen molar-refractivity contribution in [1.82, 2.24) is 20.4 Å². The highest BCUT2D eigenvalue weighted by atomic mass is 127. The summed E-state index contributed by atoms with van der Waals surface area (Å²) in [5.41, 5.74) is 2.44. The number of aliphatic imine (C=N–C) groups is 1. The lowest BCUT2D eigenvalue weighted by molar-refractivity contribution is 0.122. The summed E-state index contributed by atoms with van der Waals surface area (Å²) in [7, 11) is 3.92. The van der Waals surface area contributed by atoms with Crippen LogP contribution in [0.15, 0.2) is 23.2 Å². The molecule has 0 radical (unpaired) electrons. The number of halogens is 1. The third-order valence-electron chi connectivity index (χ3n) is 5.20. The van der Waals surface area contributed by atoms with Crippen molar-refractivity contribution in [3.05, 3.63) is 29.3 Å². The fraction of sp³-hybridized carbons (Fsp3) is 0.667. The van der Waals surface area contributed by atoms with Gasteiger partial charge in [0.15, 0.2) is 5.96 Å². The molecule has 0 spiro atoms. The number of nitrogens with one attached hydrogen (secondary N) is 2. The van der Waals surface area contributed by atoms with Gasteiger partial charge in [-0.25, -0.2) is 0 Å². The van der Waals surface area contributed by atoms with Crippen molar-refractivity contribution in [3.8, 4) is 5.75 Å². The first-order valence-corrected chi connectivity index (χ1v) is 10.1. The number of rotatable bonds is 8. The number of hydrogen-bond acceptors (Lipinski definition) is 4. The van der Waals surface area contributed by atoms with E-state index in [4.69, 9.17) is 9.73 Å². The standard InChI is InChI=1S/C21H37N5O.HI/c1-6-22-21(24-16-18(3)26-13-11-25(4)12-14-26)23-10-9-19-8-7-17(2)20(15-19)27-5;/h7-8,15,18H,6,9-14,16H2,1-5H3,(H2,22,23,24);1H. The molecule has 1 aromatic rings. The van der Waals surface area contributed by atoms with Gasteiger partial charge in [-0.15, -0.1) is 24.0 Å². The monoisotopic (exact) mass is 503 g/mol. The van der Waals surface area contributed by atoms with E-state index >= 15 is 0 Å². The average molecular weight is 503 g/mol. The molecule has 0 bridgehead atoms. The quantitative estimate of drug-likeness (QED) is 0.324. The van der Waals surface area contributed by atoms with Crippen molar-refractivity contribution in [2.24, 2.45) is 4.99 Å². The van der Waals surface area contributed by atoms with E-state index in [-0.39, 0.29) is 24.0 Å². The van der Waals surface area contributed by atoms with Crippen LogP contribution < -0.4 is 15.4 Å². The summed E-state index contributed by atoms with van der Waals surface area (Å²) in [5, 5.41) is 6.81. The number of piperazine rings is 1. The van der Waals surface area contributed by atoms with Crippen LogP contribution in [0, 0.1) is 6.92 Å². The molecular formula is C21H38IN5O. The highest BCUT2D eigenvalue weighted by Crippen LogP contribution is 2.19. The zero-order chi connectivity index (χ0) is 19.6. The lowest BCUT2D eigenvalue weighted by Crippen LogP contribution is -2.49. The van der Waals surface area contributed by atoms with Crippen LogP contribution in [0.3, 0.4) is 0 Å². The van der Waals surface area contributed by atoms with Gasteiger partial charge in [0.05, 0.1) is 13.7 Å². The smallest absolute Gasteiger partial charge is 0.191 e. The molecule has 2 N–H and O–H groups in total. The Bertz CT molecular complexity index is 602. The number of likely N-dealkylation sites (N-methyl/N-ethyl adjacent to an activating group) is 1. The van der Waals surface area contributed by atoms with Gasteiger partial charge in [-0.3, -0.25) is 9.89 Å². The van der Waals surface area contributed by atoms with E-state index in [1.165, 1.54) is 11.1 Å². The van der Waals surface area contributed by atoms with Crippen LogP contribution in [0.4, 0.5) is 0 Å². The predicted molar refractivity (Wildman–Crippen MR) is 129 cm³/mol. The van der Waals surface area contributed by atoms with Gasteiger partial charge in [-0.05, 0) is 51.4 Å². The molecular weight excluding hydrogens is 465 g/mol. The highest BCUT2D eigenvalue weighted by molar-refractivity contribution is 14.0. The van der Waals surface area contributed by atoms with Crippen LogP contribution in [0.5, 0.6) is 5.75 Å². The van der Waals surface area contributed by atoms with Gasteiger partial charge >= 0.3 is 0 Å². The second-order valence-corrected chi connectivity index (χ2v) is 7.39. The SMILES string of the molecule is CCNC(=NCC(C)N1CCN(C)CC1)NCCc1ccc(C)c(OC)c1.I. The summed E-state index contributed by atoms with van der Waals surface area (Å²) in [6.45, 7) is 13.5. The molecule has 160 valence electrons. The van der Waals surface area contributed by atoms with Crippen molar-refractivity contribution < 1.29 is 4.74 Å². The van der Waals surface area contributed by atoms with Gasteiger partial charge in [0.1, 0.15) is 5.75 Å². The van der Waals surface area contributed by atoms with E-state index in [0.717, 1.165) is 63.9 Å². The Hall–Kier alpha value is -1.06. The van der Waals surface area contributed by atoms with Gasteiger partial charge < -0.3 is 20.3 Å². The summed E-state index contributed by atoms with van der Waals surface area (Å²) >= 11 is 0. The van der Waals surface area contributed by atoms with Gasteiger partial charge in [-0.1, -0.05) is 12.1 Å². The Balaban J connectivity index is 0.00000392. The van der Waals surface area contributed by atoms with Crippen LogP contribution in [0.2, 0.25) is 0 Å². The molecule has 1 unspecified atom stereocenters. The van der Waals surface area contributed by atoms with E-state index < -0.39 is 0 Å². The Morgan fingerprint density at radius 1 is 1.21 bits per heavy atom. The van der Waals surface area contributed by atoms with E-state index in [0.29, 0.717) is 6.04 Å². The second kappa shape index (κ2) is 13.2. The summed E-state index contributed by atoms with van der Waals surface area (Å²) in [5.74, 6) is 1.85. The molecule has 1 atom stereocenters. The number of nitrogens with zero attached hydrogens (tertiary/aromatic N) is 3. The van der Waals surface area contributed by atoms with Crippen molar-refractivity contribution in [3.63, 3.8) is 0 Å². The molecule has 1 aliphatic heterocycles. The molecule has 0 amide bonds. The van der Waals surface area contributed by atoms with Crippen molar-refractivity contribution in [1.29, 1.82) is 0 Å². The molecule has 6 nitrogen and oxygen atoms in total. The summed E-state index contributed by atoms with van der Waals surface area (Å²) in [4.78, 5) is 9.72. The minimum atomic E-state index is 0. The Morgan fingerprint density at radius 2 is 1.93 bits per heavy atom. The maximum Gasteiger partial charge on any atom is 0.191 e. The number of benzene rings is 1. The minimum absolute atomic E-state index is 0. The molecule has 1 aromatic carbocycles. The highest BCUT2D eigenvalue weighted by Gasteiger charge is 2.18. The molecule has 1 fully saturated rings. The first kappa shape index (κ1) is 25.0. The van der Waals surface area contributed by atoms with E-state index in [2.05, 4.69) is 66.5 Å². The topological polar surface area (TPSA) is 52.1 Å². The number of methoxy groups -OCH3 is 1. The van der Waals surface area contributed by atoms with Crippen LogP contribution in [0.25, 0.3) is 0 Å². The number of guanidine groups is 1. The van der Waals surface area contributed by atoms with E-state index in [1.807, 2.05) is 0 Å². The Kier molecular flexibility index (Phi) is 11.8. The molecule has 1 aliphatic rings. The molecule has 7 heteroatoms. The summed E-state index contributed by atoms with van der Waals surface area (Å²) < 4.78 is 5.42. The molecule has 1 saturated heterocycles. The molecule has 0 aliphatic carbocycles. The predicted octanol–water partition coefficient (Wildman–Crippen LogP) is 2.36. The van der Waals surface area contributed by atoms with Crippen molar-refractivity contribution >= 4 is 29.9 Å². The maximum atomic E-state index is 5.42. The molecule has 28 heavy (non-hydrogen) atoms. The second-order valence-electron chi connectivity index (χ2n) is 7.39. The fourth-order valence-electron chi connectivity index (χ4n) is 3.29. The van der Waals surface area contributed by atoms with Gasteiger partial charge in [0.25, 0.3) is 0 Å². The van der Waals surface area contributed by atoms with Crippen molar-refractivity contribution in [2.75, 3.05) is 60.0 Å². The summed E-state index contributed by atoms with van der Waals surface area (Å²) in [6.07, 6.45) is 0.940. The minimum Gasteiger partial charge on any atom is -0.496 e. The Morgan fingerprint density at radius 3 is 2.57 bits per heavy atom. The number of aryl methyl sites for hydroxylation is 1. The first-order valence-electron chi connectivity index (χ1n) is 10.1. The van der Waals surface area contributed by atoms with Crippen LogP contribution in [0.1, 0.15) is 25.0 Å². The molecule has 0 saturated carbocycles. The van der Waals surface area contributed by atoms with Crippen LogP contribution >= 0.6 is 24.0 Å². The zero-order valence-electron chi connectivity index (χ0n) is 18.1. The van der Waals surface area contributed by atoms with Crippen LogP contribution in [-0.4, -0.2) is 81.8 Å². The summed E-state index contributed by atoms with van der Waals surface area (Å²) in [6, 6.07) is 6.87. The molecule has 0 aromatic heterocycles. The molecule has 2 rings (SSSR count). The lowest BCUT2D eigenvalue weighted by atomic mass is 10.1. The largest absolute Gasteiger partial charge is 0.496 e. The third kappa shape index (κ3) is 8.13. The molecule has 1 heterocycles. The fourth-order valence-corrected chi connectivity index (χ4v) is 3.29. The maximum absolute atomic E-state index is 5.42. The third-order valence-corrected chi connectivity index (χ3v) is 5.20. The van der Waals surface area contributed by atoms with Gasteiger partial charge in [-0.2, -0.15) is 0 Å². The van der Waals surface area contributed by atoms with Gasteiger partial charge in [0.2, 0.25) is 0 Å². The number of ether oxygens (including phenoxy) is 1. The first-order chi connectivity index (χ1) is 13.0. The van der Waals surface area contributed by atoms with Gasteiger partial charge in [0, 0.05) is 45.3 Å². The number of hydrogen-bond donors (Lipinski definition) is 2. The average Bonchev–Trinajstić information content (AvgIpc) is 2.67. The zero-order valence-corrected chi connectivity index (χ0v) is 20.5. The van der Waals surface area contributed by atoms with Crippen LogP contribution in [-0.2, 0) is 6.42 Å². The van der Waals surface area contributed by atoms with E-state index in [1.54, 1.807) is 7.11 Å². The lowest BCUT2D eigenvalue weighted by Gasteiger charge is -2.35.